The van der Waals surface area contributed by atoms with Crippen molar-refractivity contribution in [3.05, 3.63) is 65.5 Å². The lowest BCUT2D eigenvalue weighted by Crippen LogP contribution is -2.24. The molecule has 2 aromatic carbocycles. The molecular formula is C18H16FNO3. The smallest absolute Gasteiger partial charge is 0.244 e. The molecule has 118 valence electrons. The van der Waals surface area contributed by atoms with Crippen LogP contribution in [0.25, 0.3) is 6.08 Å². The molecule has 0 radical (unpaired) electrons. The number of fused-ring (bicyclic) bond motifs is 1. The summed E-state index contributed by atoms with van der Waals surface area (Å²) in [5.41, 5.74) is 1.69. The molecule has 0 aromatic heterocycles. The molecule has 1 heterocycles. The zero-order chi connectivity index (χ0) is 16.2. The highest BCUT2D eigenvalue weighted by Gasteiger charge is 2.12. The fourth-order valence-electron chi connectivity index (χ4n) is 2.29. The predicted octanol–water partition coefficient (Wildman–Crippen LogP) is 3.45. The molecule has 5 heteroatoms. The summed E-state index contributed by atoms with van der Waals surface area (Å²) in [6.45, 7) is 2.07. The first-order valence-corrected chi connectivity index (χ1v) is 7.25. The second kappa shape index (κ2) is 6.52. The monoisotopic (exact) mass is 313 g/mol. The number of carbonyl (C=O) groups is 1. The molecule has 0 fully saturated rings. The Morgan fingerprint density at radius 1 is 1.17 bits per heavy atom. The summed E-state index contributed by atoms with van der Waals surface area (Å²) in [5.74, 6) is 0.859. The van der Waals surface area contributed by atoms with E-state index in [1.165, 1.54) is 18.2 Å². The number of hydrogen-bond donors (Lipinski definition) is 1. The van der Waals surface area contributed by atoms with Gasteiger partial charge in [0.25, 0.3) is 0 Å². The van der Waals surface area contributed by atoms with Crippen LogP contribution in [-0.2, 0) is 4.79 Å². The summed E-state index contributed by atoms with van der Waals surface area (Å²) < 4.78 is 23.4. The minimum absolute atomic E-state index is 0.204. The molecule has 1 N–H and O–H groups in total. The normalized spacial score (nSPS) is 14.0. The molecule has 0 saturated heterocycles. The third-order valence-corrected chi connectivity index (χ3v) is 3.55. The SMILES string of the molecule is CC(NC(=O)C=Cc1ccc2c(c1)OCO2)c1ccc(F)cc1. The summed E-state index contributed by atoms with van der Waals surface area (Å²) >= 11 is 0. The van der Waals surface area contributed by atoms with Crippen molar-refractivity contribution in [2.45, 2.75) is 13.0 Å². The van der Waals surface area contributed by atoms with Crippen molar-refractivity contribution in [1.29, 1.82) is 0 Å². The fraction of sp³-hybridized carbons (Fsp3) is 0.167. The van der Waals surface area contributed by atoms with Gasteiger partial charge in [0.05, 0.1) is 6.04 Å². The van der Waals surface area contributed by atoms with Crippen LogP contribution in [0.1, 0.15) is 24.1 Å². The molecule has 1 unspecified atom stereocenters. The van der Waals surface area contributed by atoms with Gasteiger partial charge >= 0.3 is 0 Å². The molecule has 0 saturated carbocycles. The van der Waals surface area contributed by atoms with Crippen molar-refractivity contribution in [3.63, 3.8) is 0 Å². The van der Waals surface area contributed by atoms with Crippen LogP contribution in [0.4, 0.5) is 4.39 Å². The Balaban J connectivity index is 1.61. The highest BCUT2D eigenvalue weighted by Crippen LogP contribution is 2.32. The van der Waals surface area contributed by atoms with Gasteiger partial charge in [0.15, 0.2) is 11.5 Å². The topological polar surface area (TPSA) is 47.6 Å². The molecule has 0 aliphatic carbocycles. The number of carbonyl (C=O) groups excluding carboxylic acids is 1. The van der Waals surface area contributed by atoms with E-state index in [-0.39, 0.29) is 24.6 Å². The quantitative estimate of drug-likeness (QED) is 0.880. The second-order valence-corrected chi connectivity index (χ2v) is 5.23. The van der Waals surface area contributed by atoms with Gasteiger partial charge in [-0.15, -0.1) is 0 Å². The van der Waals surface area contributed by atoms with E-state index in [1.807, 2.05) is 19.1 Å². The van der Waals surface area contributed by atoms with E-state index in [0.717, 1.165) is 11.1 Å². The van der Waals surface area contributed by atoms with Gasteiger partial charge in [0.1, 0.15) is 5.82 Å². The van der Waals surface area contributed by atoms with E-state index in [1.54, 1.807) is 24.3 Å². The van der Waals surface area contributed by atoms with Crippen molar-refractivity contribution in [3.8, 4) is 11.5 Å². The third-order valence-electron chi connectivity index (χ3n) is 3.55. The van der Waals surface area contributed by atoms with Crippen LogP contribution in [0.5, 0.6) is 11.5 Å². The zero-order valence-corrected chi connectivity index (χ0v) is 12.6. The van der Waals surface area contributed by atoms with E-state index in [0.29, 0.717) is 11.5 Å². The van der Waals surface area contributed by atoms with Crippen LogP contribution in [-0.4, -0.2) is 12.7 Å². The Labute approximate surface area is 133 Å². The maximum Gasteiger partial charge on any atom is 0.244 e. The molecule has 0 spiro atoms. The van der Waals surface area contributed by atoms with E-state index in [4.69, 9.17) is 9.47 Å². The molecule has 4 nitrogen and oxygen atoms in total. The standard InChI is InChI=1S/C18H16FNO3/c1-12(14-4-6-15(19)7-5-14)20-18(21)9-3-13-2-8-16-17(10-13)23-11-22-16/h2-10,12H,11H2,1H3,(H,20,21). The van der Waals surface area contributed by atoms with Crippen molar-refractivity contribution in [2.75, 3.05) is 6.79 Å². The fourth-order valence-corrected chi connectivity index (χ4v) is 2.29. The summed E-state index contributed by atoms with van der Waals surface area (Å²) in [6, 6.07) is 11.3. The van der Waals surface area contributed by atoms with E-state index < -0.39 is 0 Å². The number of halogens is 1. The Morgan fingerprint density at radius 3 is 2.70 bits per heavy atom. The molecule has 2 aromatic rings. The zero-order valence-electron chi connectivity index (χ0n) is 12.6. The van der Waals surface area contributed by atoms with Crippen molar-refractivity contribution in [1.82, 2.24) is 5.32 Å². The van der Waals surface area contributed by atoms with Gasteiger partial charge in [-0.05, 0) is 48.4 Å². The molecule has 23 heavy (non-hydrogen) atoms. The van der Waals surface area contributed by atoms with Crippen molar-refractivity contribution in [2.24, 2.45) is 0 Å². The predicted molar refractivity (Wildman–Crippen MR) is 84.6 cm³/mol. The van der Waals surface area contributed by atoms with Crippen LogP contribution < -0.4 is 14.8 Å². The van der Waals surface area contributed by atoms with Crippen LogP contribution in [0, 0.1) is 5.82 Å². The first-order chi connectivity index (χ1) is 11.1. The third kappa shape index (κ3) is 3.69. The Bertz CT molecular complexity index is 740. The molecule has 1 aliphatic heterocycles. The second-order valence-electron chi connectivity index (χ2n) is 5.23. The number of amides is 1. The first-order valence-electron chi connectivity index (χ1n) is 7.25. The van der Waals surface area contributed by atoms with Crippen LogP contribution in [0.15, 0.2) is 48.5 Å². The van der Waals surface area contributed by atoms with Gasteiger partial charge in [-0.2, -0.15) is 0 Å². The Morgan fingerprint density at radius 2 is 1.91 bits per heavy atom. The molecule has 1 amide bonds. The molecule has 1 atom stereocenters. The van der Waals surface area contributed by atoms with E-state index in [9.17, 15) is 9.18 Å². The number of ether oxygens (including phenoxy) is 2. The molecule has 3 rings (SSSR count). The van der Waals surface area contributed by atoms with Crippen LogP contribution in [0.3, 0.4) is 0 Å². The Hall–Kier alpha value is -2.82. The van der Waals surface area contributed by atoms with Gasteiger partial charge < -0.3 is 14.8 Å². The van der Waals surface area contributed by atoms with E-state index >= 15 is 0 Å². The minimum Gasteiger partial charge on any atom is -0.454 e. The van der Waals surface area contributed by atoms with Gasteiger partial charge in [-0.3, -0.25) is 4.79 Å². The molecular weight excluding hydrogens is 297 g/mol. The summed E-state index contributed by atoms with van der Waals surface area (Å²) in [5, 5.41) is 2.83. The first kappa shape index (κ1) is 15.1. The lowest BCUT2D eigenvalue weighted by atomic mass is 10.1. The summed E-state index contributed by atoms with van der Waals surface area (Å²) in [7, 11) is 0. The van der Waals surface area contributed by atoms with Crippen molar-refractivity contribution < 1.29 is 18.7 Å². The highest BCUT2D eigenvalue weighted by atomic mass is 19.1. The van der Waals surface area contributed by atoms with Gasteiger partial charge in [0, 0.05) is 6.08 Å². The average Bonchev–Trinajstić information content (AvgIpc) is 3.01. The maximum atomic E-state index is 12.9. The lowest BCUT2D eigenvalue weighted by molar-refractivity contribution is -0.117. The average molecular weight is 313 g/mol. The van der Waals surface area contributed by atoms with Gasteiger partial charge in [-0.1, -0.05) is 18.2 Å². The number of nitrogens with one attached hydrogen (secondary N) is 1. The van der Waals surface area contributed by atoms with Gasteiger partial charge in [-0.25, -0.2) is 4.39 Å². The van der Waals surface area contributed by atoms with Crippen molar-refractivity contribution >= 4 is 12.0 Å². The van der Waals surface area contributed by atoms with Crippen LogP contribution in [0.2, 0.25) is 0 Å². The van der Waals surface area contributed by atoms with Crippen LogP contribution >= 0.6 is 0 Å². The number of hydrogen-bond acceptors (Lipinski definition) is 3. The Kier molecular flexibility index (Phi) is 4.28. The molecule has 1 aliphatic rings. The summed E-state index contributed by atoms with van der Waals surface area (Å²) in [6.07, 6.45) is 3.16. The lowest BCUT2D eigenvalue weighted by Gasteiger charge is -2.12. The largest absolute Gasteiger partial charge is 0.454 e. The maximum absolute atomic E-state index is 12.9. The van der Waals surface area contributed by atoms with E-state index in [2.05, 4.69) is 5.32 Å². The number of rotatable bonds is 4. The van der Waals surface area contributed by atoms with Gasteiger partial charge in [0.2, 0.25) is 12.7 Å². The number of benzene rings is 2. The molecule has 0 bridgehead atoms. The minimum atomic E-state index is -0.296. The summed E-state index contributed by atoms with van der Waals surface area (Å²) in [4.78, 5) is 12.0. The highest BCUT2D eigenvalue weighted by molar-refractivity contribution is 5.92.